The predicted octanol–water partition coefficient (Wildman–Crippen LogP) is 1.62. The third-order valence-corrected chi connectivity index (χ3v) is 4.04. The molecule has 6 nitrogen and oxygen atoms in total. The van der Waals surface area contributed by atoms with E-state index in [0.29, 0.717) is 24.5 Å². The summed E-state index contributed by atoms with van der Waals surface area (Å²) < 4.78 is 7.61. The van der Waals surface area contributed by atoms with Crippen LogP contribution in [-0.4, -0.2) is 32.4 Å². The quantitative estimate of drug-likeness (QED) is 0.709. The van der Waals surface area contributed by atoms with Crippen molar-refractivity contribution in [3.05, 3.63) is 30.1 Å². The van der Waals surface area contributed by atoms with Gasteiger partial charge in [0.1, 0.15) is 17.9 Å². The van der Waals surface area contributed by atoms with E-state index in [4.69, 9.17) is 10.5 Å². The van der Waals surface area contributed by atoms with Gasteiger partial charge in [0.15, 0.2) is 5.82 Å². The summed E-state index contributed by atoms with van der Waals surface area (Å²) in [5.41, 5.74) is 8.51. The summed E-state index contributed by atoms with van der Waals surface area (Å²) in [6, 6.07) is 7.68. The molecule has 0 fully saturated rings. The van der Waals surface area contributed by atoms with E-state index in [9.17, 15) is 5.11 Å². The fraction of sp³-hybridized carbons (Fsp3) is 0.333. The van der Waals surface area contributed by atoms with Crippen molar-refractivity contribution >= 4 is 27.8 Å². The first kappa shape index (κ1) is 12.6. The van der Waals surface area contributed by atoms with Gasteiger partial charge < -0.3 is 20.1 Å². The second kappa shape index (κ2) is 4.41. The van der Waals surface area contributed by atoms with Gasteiger partial charge in [-0.05, 0) is 13.0 Å². The van der Waals surface area contributed by atoms with Crippen LogP contribution in [0.2, 0.25) is 0 Å². The fourth-order valence-corrected chi connectivity index (χ4v) is 3.03. The number of pyridine rings is 1. The molecular formula is C15H16N4O2. The Hall–Kier alpha value is -2.18. The number of aliphatic hydroxyl groups is 1. The molecule has 0 aliphatic carbocycles. The number of aromatic nitrogens is 3. The first-order valence-electron chi connectivity index (χ1n) is 6.97. The van der Waals surface area contributed by atoms with Gasteiger partial charge in [-0.15, -0.1) is 0 Å². The molecule has 2 atom stereocenters. The molecule has 2 aromatic heterocycles. The van der Waals surface area contributed by atoms with Crippen LogP contribution in [0.15, 0.2) is 24.3 Å². The van der Waals surface area contributed by atoms with Gasteiger partial charge in [-0.3, -0.25) is 0 Å². The Kier molecular flexibility index (Phi) is 2.63. The average molecular weight is 284 g/mol. The lowest BCUT2D eigenvalue weighted by atomic mass is 10.1. The van der Waals surface area contributed by atoms with Crippen LogP contribution in [0.4, 0.5) is 5.82 Å². The van der Waals surface area contributed by atoms with E-state index in [1.165, 1.54) is 0 Å². The van der Waals surface area contributed by atoms with Crippen LogP contribution in [0.5, 0.6) is 0 Å². The molecule has 3 N–H and O–H groups in total. The molecule has 0 radical (unpaired) electrons. The van der Waals surface area contributed by atoms with Crippen LogP contribution in [0.1, 0.15) is 18.8 Å². The van der Waals surface area contributed by atoms with Crippen molar-refractivity contribution < 1.29 is 9.84 Å². The Morgan fingerprint density at radius 3 is 3.00 bits per heavy atom. The SMILES string of the molecule is C[C@H](O)[C@H]1COCc2nc3c(N)nc4ccccc4c3n21. The topological polar surface area (TPSA) is 86.2 Å². The van der Waals surface area contributed by atoms with Crippen molar-refractivity contribution in [1.29, 1.82) is 0 Å². The Balaban J connectivity index is 2.16. The molecule has 108 valence electrons. The van der Waals surface area contributed by atoms with E-state index in [0.717, 1.165) is 22.2 Å². The molecule has 6 heteroatoms. The summed E-state index contributed by atoms with van der Waals surface area (Å²) in [4.78, 5) is 8.99. The van der Waals surface area contributed by atoms with Crippen LogP contribution >= 0.6 is 0 Å². The van der Waals surface area contributed by atoms with Gasteiger partial charge in [0.2, 0.25) is 0 Å². The van der Waals surface area contributed by atoms with Crippen LogP contribution in [0.3, 0.4) is 0 Å². The number of nitrogen functional groups attached to an aromatic ring is 1. The number of hydrogen-bond acceptors (Lipinski definition) is 5. The second-order valence-corrected chi connectivity index (χ2v) is 5.43. The van der Waals surface area contributed by atoms with E-state index in [1.54, 1.807) is 6.92 Å². The predicted molar refractivity (Wildman–Crippen MR) is 79.8 cm³/mol. The fourth-order valence-electron chi connectivity index (χ4n) is 3.03. The van der Waals surface area contributed by atoms with Crippen LogP contribution in [-0.2, 0) is 11.3 Å². The van der Waals surface area contributed by atoms with Crippen LogP contribution < -0.4 is 5.73 Å². The smallest absolute Gasteiger partial charge is 0.152 e. The summed E-state index contributed by atoms with van der Waals surface area (Å²) in [6.07, 6.45) is -0.533. The standard InChI is InChI=1S/C15H16N4O2/c1-8(20)11-6-21-7-12-18-13-14(19(11)12)9-4-2-3-5-10(9)17-15(13)16/h2-5,8,11,20H,6-7H2,1H3,(H2,16,17)/t8-,11+/m0/s1. The molecule has 1 aliphatic heterocycles. The maximum Gasteiger partial charge on any atom is 0.152 e. The maximum atomic E-state index is 10.1. The van der Waals surface area contributed by atoms with E-state index < -0.39 is 6.10 Å². The maximum absolute atomic E-state index is 10.1. The zero-order valence-electron chi connectivity index (χ0n) is 11.7. The lowest BCUT2D eigenvalue weighted by Crippen LogP contribution is -2.31. The monoisotopic (exact) mass is 284 g/mol. The minimum Gasteiger partial charge on any atom is -0.391 e. The summed E-state index contributed by atoms with van der Waals surface area (Å²) in [6.45, 7) is 2.65. The molecule has 1 aliphatic rings. The van der Waals surface area contributed by atoms with Gasteiger partial charge in [-0.25, -0.2) is 9.97 Å². The summed E-state index contributed by atoms with van der Waals surface area (Å²) in [5.74, 6) is 1.20. The van der Waals surface area contributed by atoms with Crippen LogP contribution in [0, 0.1) is 0 Å². The van der Waals surface area contributed by atoms with Crippen molar-refractivity contribution in [2.75, 3.05) is 12.3 Å². The lowest BCUT2D eigenvalue weighted by Gasteiger charge is -2.28. The molecule has 21 heavy (non-hydrogen) atoms. The molecule has 4 rings (SSSR count). The Bertz CT molecular complexity index is 840. The number of benzene rings is 1. The molecule has 1 aromatic carbocycles. The number of nitrogens with two attached hydrogens (primary N) is 1. The Morgan fingerprint density at radius 1 is 1.38 bits per heavy atom. The molecule has 0 saturated heterocycles. The highest BCUT2D eigenvalue weighted by molar-refractivity contribution is 6.06. The molecule has 0 bridgehead atoms. The van der Waals surface area contributed by atoms with Gasteiger partial charge in [0.25, 0.3) is 0 Å². The number of ether oxygens (including phenoxy) is 1. The first-order chi connectivity index (χ1) is 10.2. The normalized spacial score (nSPS) is 19.8. The zero-order valence-corrected chi connectivity index (χ0v) is 11.7. The van der Waals surface area contributed by atoms with Crippen molar-refractivity contribution in [3.63, 3.8) is 0 Å². The number of imidazole rings is 1. The van der Waals surface area contributed by atoms with E-state index >= 15 is 0 Å². The summed E-state index contributed by atoms with van der Waals surface area (Å²) in [7, 11) is 0. The minimum absolute atomic E-state index is 0.163. The van der Waals surface area contributed by atoms with Gasteiger partial charge in [-0.2, -0.15) is 0 Å². The number of rotatable bonds is 1. The van der Waals surface area contributed by atoms with Crippen molar-refractivity contribution in [1.82, 2.24) is 14.5 Å². The van der Waals surface area contributed by atoms with E-state index in [-0.39, 0.29) is 6.04 Å². The third kappa shape index (κ3) is 1.73. The number of nitrogens with zero attached hydrogens (tertiary/aromatic N) is 3. The number of aliphatic hydroxyl groups excluding tert-OH is 1. The Labute approximate surface area is 121 Å². The van der Waals surface area contributed by atoms with Gasteiger partial charge in [-0.1, -0.05) is 18.2 Å². The number of para-hydroxylation sites is 1. The minimum atomic E-state index is -0.533. The Morgan fingerprint density at radius 2 is 2.19 bits per heavy atom. The highest BCUT2D eigenvalue weighted by Crippen LogP contribution is 2.34. The van der Waals surface area contributed by atoms with Gasteiger partial charge in [0, 0.05) is 5.39 Å². The molecule has 0 unspecified atom stereocenters. The molecule has 3 aromatic rings. The van der Waals surface area contributed by atoms with Gasteiger partial charge >= 0.3 is 0 Å². The molecule has 0 spiro atoms. The van der Waals surface area contributed by atoms with Gasteiger partial charge in [0.05, 0.1) is 29.8 Å². The van der Waals surface area contributed by atoms with E-state index in [2.05, 4.69) is 14.5 Å². The molecule has 0 saturated carbocycles. The molecule has 3 heterocycles. The largest absolute Gasteiger partial charge is 0.391 e. The van der Waals surface area contributed by atoms with Crippen molar-refractivity contribution in [2.45, 2.75) is 25.7 Å². The number of fused-ring (bicyclic) bond motifs is 5. The molecule has 0 amide bonds. The second-order valence-electron chi connectivity index (χ2n) is 5.43. The van der Waals surface area contributed by atoms with E-state index in [1.807, 2.05) is 24.3 Å². The lowest BCUT2D eigenvalue weighted by molar-refractivity contribution is 0.00690. The van der Waals surface area contributed by atoms with Crippen molar-refractivity contribution in [2.24, 2.45) is 0 Å². The van der Waals surface area contributed by atoms with Crippen LogP contribution in [0.25, 0.3) is 21.9 Å². The summed E-state index contributed by atoms with van der Waals surface area (Å²) in [5, 5.41) is 11.1. The zero-order chi connectivity index (χ0) is 14.6. The number of anilines is 1. The van der Waals surface area contributed by atoms with Crippen molar-refractivity contribution in [3.8, 4) is 0 Å². The number of hydrogen-bond donors (Lipinski definition) is 2. The molecular weight excluding hydrogens is 268 g/mol. The third-order valence-electron chi connectivity index (χ3n) is 4.04. The average Bonchev–Trinajstić information content (AvgIpc) is 2.87. The first-order valence-corrected chi connectivity index (χ1v) is 6.97. The summed E-state index contributed by atoms with van der Waals surface area (Å²) >= 11 is 0. The highest BCUT2D eigenvalue weighted by Gasteiger charge is 2.29. The highest BCUT2D eigenvalue weighted by atomic mass is 16.5.